The fourth-order valence-electron chi connectivity index (χ4n) is 1.57. The molecule has 0 saturated heterocycles. The molecule has 0 amide bonds. The molecule has 6 heteroatoms. The third-order valence-corrected chi connectivity index (χ3v) is 4.61. The minimum atomic E-state index is -0.212. The number of halogens is 1. The highest BCUT2D eigenvalue weighted by Gasteiger charge is 2.15. The summed E-state index contributed by atoms with van der Waals surface area (Å²) in [5.74, 6) is -0.212. The van der Waals surface area contributed by atoms with E-state index in [9.17, 15) is 4.39 Å². The van der Waals surface area contributed by atoms with Gasteiger partial charge < -0.3 is 5.32 Å². The molecule has 1 aromatic heterocycles. The highest BCUT2D eigenvalue weighted by atomic mass is 32.2. The summed E-state index contributed by atoms with van der Waals surface area (Å²) in [6.07, 6.45) is 0. The predicted octanol–water partition coefficient (Wildman–Crippen LogP) is 4.02. The average Bonchev–Trinajstić information content (AvgIpc) is 2.75. The first-order valence-corrected chi connectivity index (χ1v) is 7.99. The van der Waals surface area contributed by atoms with Crippen LogP contribution in [0.4, 0.5) is 4.39 Å². The molecular weight excluding hydrogens is 293 g/mol. The Morgan fingerprint density at radius 1 is 1.30 bits per heavy atom. The molecule has 0 atom stereocenters. The first-order valence-electron chi connectivity index (χ1n) is 6.35. The molecule has 0 unspecified atom stereocenters. The first-order chi connectivity index (χ1) is 9.35. The van der Waals surface area contributed by atoms with Crippen LogP contribution in [0.25, 0.3) is 0 Å². The van der Waals surface area contributed by atoms with Gasteiger partial charge in [0.25, 0.3) is 0 Å². The van der Waals surface area contributed by atoms with E-state index >= 15 is 0 Å². The summed E-state index contributed by atoms with van der Waals surface area (Å²) >= 11 is 2.82. The van der Waals surface area contributed by atoms with Crippen molar-refractivity contribution >= 4 is 23.1 Å². The molecule has 0 saturated carbocycles. The zero-order valence-electron chi connectivity index (χ0n) is 12.0. The van der Waals surface area contributed by atoms with Crippen LogP contribution in [0.1, 0.15) is 31.3 Å². The van der Waals surface area contributed by atoms with Crippen LogP contribution < -0.4 is 5.32 Å². The third-order valence-electron chi connectivity index (χ3n) is 2.55. The van der Waals surface area contributed by atoms with Gasteiger partial charge >= 0.3 is 0 Å². The molecule has 3 nitrogen and oxygen atoms in total. The van der Waals surface area contributed by atoms with Gasteiger partial charge in [0.2, 0.25) is 0 Å². The quantitative estimate of drug-likeness (QED) is 0.925. The molecule has 1 heterocycles. The topological polar surface area (TPSA) is 37.8 Å². The van der Waals surface area contributed by atoms with Crippen molar-refractivity contribution < 1.29 is 4.39 Å². The van der Waals surface area contributed by atoms with Crippen molar-refractivity contribution in [1.29, 1.82) is 0 Å². The van der Waals surface area contributed by atoms with E-state index in [0.29, 0.717) is 11.4 Å². The largest absolute Gasteiger partial charge is 0.308 e. The molecule has 0 fully saturated rings. The molecule has 20 heavy (non-hydrogen) atoms. The molecule has 2 aromatic rings. The molecule has 0 aliphatic rings. The van der Waals surface area contributed by atoms with Gasteiger partial charge in [0, 0.05) is 12.1 Å². The van der Waals surface area contributed by atoms with Crippen LogP contribution in [0.15, 0.2) is 27.4 Å². The normalized spacial score (nSPS) is 11.8. The van der Waals surface area contributed by atoms with Crippen LogP contribution >= 0.6 is 23.1 Å². The Morgan fingerprint density at radius 3 is 2.65 bits per heavy atom. The van der Waals surface area contributed by atoms with Crippen LogP contribution in [0.3, 0.4) is 0 Å². The molecule has 0 bridgehead atoms. The van der Waals surface area contributed by atoms with Crippen molar-refractivity contribution in [3.63, 3.8) is 0 Å². The highest BCUT2D eigenvalue weighted by molar-refractivity contribution is 8.01. The standard InChI is InChI=1S/C14H18FN3S2/c1-9-17-18-13(19-9)20-12-10(6-5-7-11(12)15)8-16-14(2,3)4/h5-7,16H,8H2,1-4H3. The maximum atomic E-state index is 14.1. The zero-order valence-corrected chi connectivity index (χ0v) is 13.7. The molecular formula is C14H18FN3S2. The zero-order chi connectivity index (χ0) is 14.8. The van der Waals surface area contributed by atoms with Crippen molar-refractivity contribution in [2.45, 2.75) is 49.0 Å². The predicted molar refractivity (Wildman–Crippen MR) is 81.8 cm³/mol. The molecule has 0 radical (unpaired) electrons. The number of rotatable bonds is 4. The van der Waals surface area contributed by atoms with Gasteiger partial charge in [-0.1, -0.05) is 35.2 Å². The van der Waals surface area contributed by atoms with Crippen molar-refractivity contribution in [2.75, 3.05) is 0 Å². The second-order valence-electron chi connectivity index (χ2n) is 5.52. The lowest BCUT2D eigenvalue weighted by molar-refractivity contribution is 0.421. The van der Waals surface area contributed by atoms with Gasteiger partial charge in [0.15, 0.2) is 4.34 Å². The van der Waals surface area contributed by atoms with Crippen molar-refractivity contribution in [1.82, 2.24) is 15.5 Å². The van der Waals surface area contributed by atoms with E-state index in [1.165, 1.54) is 29.2 Å². The van der Waals surface area contributed by atoms with Crippen LogP contribution in [0.2, 0.25) is 0 Å². The van der Waals surface area contributed by atoms with Gasteiger partial charge in [-0.3, -0.25) is 0 Å². The number of aromatic nitrogens is 2. The van der Waals surface area contributed by atoms with Gasteiger partial charge in [-0.15, -0.1) is 10.2 Å². The van der Waals surface area contributed by atoms with E-state index in [1.54, 1.807) is 6.07 Å². The van der Waals surface area contributed by atoms with E-state index < -0.39 is 0 Å². The molecule has 2 rings (SSSR count). The summed E-state index contributed by atoms with van der Waals surface area (Å²) in [5.41, 5.74) is 0.936. The Bertz CT molecular complexity index is 590. The molecule has 0 spiro atoms. The number of nitrogens with one attached hydrogen (secondary N) is 1. The molecule has 0 aliphatic carbocycles. The lowest BCUT2D eigenvalue weighted by Gasteiger charge is -2.21. The third kappa shape index (κ3) is 4.26. The minimum absolute atomic E-state index is 0.00637. The Hall–Kier alpha value is -0.980. The fourth-order valence-corrected chi connectivity index (χ4v) is 3.46. The van der Waals surface area contributed by atoms with Gasteiger partial charge in [0.05, 0.1) is 4.90 Å². The molecule has 108 valence electrons. The molecule has 1 aromatic carbocycles. The number of hydrogen-bond donors (Lipinski definition) is 1. The summed E-state index contributed by atoms with van der Waals surface area (Å²) in [7, 11) is 0. The van der Waals surface area contributed by atoms with Crippen molar-refractivity contribution in [3.8, 4) is 0 Å². The summed E-state index contributed by atoms with van der Waals surface area (Å²) in [6, 6.07) is 5.17. The van der Waals surface area contributed by atoms with E-state index in [2.05, 4.69) is 36.3 Å². The van der Waals surface area contributed by atoms with Gasteiger partial charge in [-0.25, -0.2) is 4.39 Å². The summed E-state index contributed by atoms with van der Waals surface area (Å²) in [6.45, 7) is 8.79. The number of hydrogen-bond acceptors (Lipinski definition) is 5. The number of benzene rings is 1. The van der Waals surface area contributed by atoms with E-state index in [1.807, 2.05) is 13.0 Å². The van der Waals surface area contributed by atoms with Crippen molar-refractivity contribution in [3.05, 3.63) is 34.6 Å². The van der Waals surface area contributed by atoms with E-state index in [-0.39, 0.29) is 11.4 Å². The molecule has 0 aliphatic heterocycles. The maximum Gasteiger partial charge on any atom is 0.179 e. The lowest BCUT2D eigenvalue weighted by atomic mass is 10.1. The van der Waals surface area contributed by atoms with Gasteiger partial charge in [-0.05, 0) is 39.3 Å². The fraction of sp³-hybridized carbons (Fsp3) is 0.429. The SMILES string of the molecule is Cc1nnc(Sc2c(F)cccc2CNC(C)(C)C)s1. The molecule has 1 N–H and O–H groups in total. The summed E-state index contributed by atoms with van der Waals surface area (Å²) in [4.78, 5) is 0.625. The highest BCUT2D eigenvalue weighted by Crippen LogP contribution is 2.34. The number of aryl methyl sites for hydroxylation is 1. The first kappa shape index (κ1) is 15.4. The second kappa shape index (κ2) is 6.20. The van der Waals surface area contributed by atoms with Gasteiger partial charge in [-0.2, -0.15) is 0 Å². The van der Waals surface area contributed by atoms with Crippen LogP contribution in [-0.4, -0.2) is 15.7 Å². The lowest BCUT2D eigenvalue weighted by Crippen LogP contribution is -2.35. The van der Waals surface area contributed by atoms with Crippen LogP contribution in [-0.2, 0) is 6.54 Å². The average molecular weight is 311 g/mol. The van der Waals surface area contributed by atoms with E-state index in [4.69, 9.17) is 0 Å². The van der Waals surface area contributed by atoms with Crippen LogP contribution in [0.5, 0.6) is 0 Å². The van der Waals surface area contributed by atoms with Crippen LogP contribution in [0, 0.1) is 12.7 Å². The Labute approximate surface area is 127 Å². The summed E-state index contributed by atoms with van der Waals surface area (Å²) in [5, 5.41) is 12.3. The van der Waals surface area contributed by atoms with Crippen molar-refractivity contribution in [2.24, 2.45) is 0 Å². The summed E-state index contributed by atoms with van der Waals surface area (Å²) < 4.78 is 14.8. The minimum Gasteiger partial charge on any atom is -0.308 e. The Morgan fingerprint density at radius 2 is 2.05 bits per heavy atom. The van der Waals surface area contributed by atoms with E-state index in [0.717, 1.165) is 14.9 Å². The Kier molecular flexibility index (Phi) is 4.78. The maximum absolute atomic E-state index is 14.1. The monoisotopic (exact) mass is 311 g/mol. The number of nitrogens with zero attached hydrogens (tertiary/aromatic N) is 2. The van der Waals surface area contributed by atoms with Gasteiger partial charge in [0.1, 0.15) is 10.8 Å². The Balaban J connectivity index is 2.22. The smallest absolute Gasteiger partial charge is 0.179 e. The second-order valence-corrected chi connectivity index (χ2v) is 7.96.